The Morgan fingerprint density at radius 3 is 2.65 bits per heavy atom. The molecule has 17 heavy (non-hydrogen) atoms. The van der Waals surface area contributed by atoms with E-state index < -0.39 is 5.97 Å². The molecule has 0 aliphatic heterocycles. The topological polar surface area (TPSA) is 50.4 Å². The summed E-state index contributed by atoms with van der Waals surface area (Å²) in [6.45, 7) is 0. The van der Waals surface area contributed by atoms with Crippen molar-refractivity contribution in [3.05, 3.63) is 59.5 Å². The van der Waals surface area contributed by atoms with Crippen molar-refractivity contribution < 1.29 is 14.3 Å². The zero-order valence-electron chi connectivity index (χ0n) is 9.13. The van der Waals surface area contributed by atoms with Gasteiger partial charge in [-0.2, -0.15) is 0 Å². The number of carboxylic acids is 1. The Labute approximate surface area is 103 Å². The zero-order valence-corrected chi connectivity index (χ0v) is 9.94. The number of carbonyl (C=O) groups is 1. The van der Waals surface area contributed by atoms with Gasteiger partial charge in [0.25, 0.3) is 0 Å². The second kappa shape index (κ2) is 5.59. The summed E-state index contributed by atoms with van der Waals surface area (Å²) in [6.07, 6.45) is 1.28. The maximum absolute atomic E-state index is 10.6. The molecule has 2 rings (SSSR count). The van der Waals surface area contributed by atoms with Crippen LogP contribution in [0.5, 0.6) is 0 Å². The molecule has 0 saturated heterocycles. The lowest BCUT2D eigenvalue weighted by Crippen LogP contribution is -1.91. The average molecular weight is 248 g/mol. The third kappa shape index (κ3) is 3.39. The first kappa shape index (κ1) is 11.8. The Bertz CT molecular complexity index is 490. The lowest BCUT2D eigenvalue weighted by Gasteiger charge is -1.99. The van der Waals surface area contributed by atoms with E-state index in [0.29, 0.717) is 11.5 Å². The number of rotatable bonds is 5. The summed E-state index contributed by atoms with van der Waals surface area (Å²) in [5.74, 6) is 1.32. The number of aromatic carboxylic acids is 1. The third-order valence-electron chi connectivity index (χ3n) is 2.26. The van der Waals surface area contributed by atoms with Gasteiger partial charge < -0.3 is 9.52 Å². The number of hydrogen-bond donors (Lipinski definition) is 1. The van der Waals surface area contributed by atoms with Gasteiger partial charge in [0.15, 0.2) is 0 Å². The van der Waals surface area contributed by atoms with Crippen LogP contribution in [0.3, 0.4) is 0 Å². The highest BCUT2D eigenvalue weighted by Gasteiger charge is 2.07. The predicted octanol–water partition coefficient (Wildman–Crippen LogP) is 3.41. The molecule has 0 amide bonds. The molecule has 1 heterocycles. The van der Waals surface area contributed by atoms with Crippen LogP contribution < -0.4 is 0 Å². The van der Waals surface area contributed by atoms with E-state index in [1.807, 2.05) is 18.2 Å². The van der Waals surface area contributed by atoms with Gasteiger partial charge in [-0.05, 0) is 11.6 Å². The Hall–Kier alpha value is -1.68. The van der Waals surface area contributed by atoms with Crippen LogP contribution in [0, 0.1) is 0 Å². The molecular formula is C13H12O3S. The highest BCUT2D eigenvalue weighted by Crippen LogP contribution is 2.19. The highest BCUT2D eigenvalue weighted by molar-refractivity contribution is 7.97. The molecule has 88 valence electrons. The smallest absolute Gasteiger partial charge is 0.338 e. The van der Waals surface area contributed by atoms with E-state index in [4.69, 9.17) is 9.52 Å². The summed E-state index contributed by atoms with van der Waals surface area (Å²) in [6, 6.07) is 11.7. The van der Waals surface area contributed by atoms with Gasteiger partial charge in [0.2, 0.25) is 0 Å². The summed E-state index contributed by atoms with van der Waals surface area (Å²) in [5, 5.41) is 8.73. The molecule has 0 unspecified atom stereocenters. The molecule has 1 N–H and O–H groups in total. The molecule has 0 saturated carbocycles. The van der Waals surface area contributed by atoms with Crippen LogP contribution >= 0.6 is 11.8 Å². The molecule has 0 fully saturated rings. The van der Waals surface area contributed by atoms with Crippen LogP contribution in [0.15, 0.2) is 47.1 Å². The van der Waals surface area contributed by atoms with Gasteiger partial charge in [-0.1, -0.05) is 30.3 Å². The van der Waals surface area contributed by atoms with E-state index in [0.717, 1.165) is 5.75 Å². The van der Waals surface area contributed by atoms with Crippen molar-refractivity contribution in [2.45, 2.75) is 11.5 Å². The minimum absolute atomic E-state index is 0.209. The fourth-order valence-electron chi connectivity index (χ4n) is 1.41. The molecule has 0 bridgehead atoms. The molecular weight excluding hydrogens is 236 g/mol. The first-order valence-corrected chi connectivity index (χ1v) is 6.33. The van der Waals surface area contributed by atoms with Gasteiger partial charge in [0.05, 0.1) is 11.3 Å². The summed E-state index contributed by atoms with van der Waals surface area (Å²) < 4.78 is 5.16. The molecule has 1 aromatic heterocycles. The summed E-state index contributed by atoms with van der Waals surface area (Å²) >= 11 is 1.70. The molecule has 0 aliphatic carbocycles. The van der Waals surface area contributed by atoms with Crippen LogP contribution in [0.4, 0.5) is 0 Å². The van der Waals surface area contributed by atoms with Crippen LogP contribution in [0.2, 0.25) is 0 Å². The lowest BCUT2D eigenvalue weighted by molar-refractivity contribution is 0.0696. The van der Waals surface area contributed by atoms with Crippen molar-refractivity contribution >= 4 is 17.7 Å². The van der Waals surface area contributed by atoms with E-state index in [2.05, 4.69) is 12.1 Å². The van der Waals surface area contributed by atoms with Gasteiger partial charge in [0.1, 0.15) is 12.0 Å². The van der Waals surface area contributed by atoms with Gasteiger partial charge in [-0.25, -0.2) is 4.79 Å². The first-order valence-electron chi connectivity index (χ1n) is 5.18. The number of carboxylic acid groups (broad SMARTS) is 1. The predicted molar refractivity (Wildman–Crippen MR) is 67.1 cm³/mol. The number of benzene rings is 1. The van der Waals surface area contributed by atoms with Gasteiger partial charge >= 0.3 is 5.97 Å². The fourth-order valence-corrected chi connectivity index (χ4v) is 2.29. The average Bonchev–Trinajstić information content (AvgIpc) is 2.79. The standard InChI is InChI=1S/C13H12O3S/c14-13(15)11-6-12(16-7-11)9-17-8-10-4-2-1-3-5-10/h1-7H,8-9H2,(H,14,15). The SMILES string of the molecule is O=C(O)c1coc(CSCc2ccccc2)c1. The number of hydrogen-bond acceptors (Lipinski definition) is 3. The van der Waals surface area contributed by atoms with Gasteiger partial charge in [-0.3, -0.25) is 0 Å². The van der Waals surface area contributed by atoms with Crippen LogP contribution in [-0.2, 0) is 11.5 Å². The van der Waals surface area contributed by atoms with E-state index in [-0.39, 0.29) is 5.56 Å². The molecule has 0 aliphatic rings. The highest BCUT2D eigenvalue weighted by atomic mass is 32.2. The molecule has 4 heteroatoms. The van der Waals surface area contributed by atoms with Crippen molar-refractivity contribution in [2.75, 3.05) is 0 Å². The fraction of sp³-hybridized carbons (Fsp3) is 0.154. The Morgan fingerprint density at radius 2 is 2.00 bits per heavy atom. The second-order valence-electron chi connectivity index (χ2n) is 3.59. The normalized spacial score (nSPS) is 10.4. The maximum Gasteiger partial charge on any atom is 0.338 e. The zero-order chi connectivity index (χ0) is 12.1. The van der Waals surface area contributed by atoms with Crippen LogP contribution in [-0.4, -0.2) is 11.1 Å². The maximum atomic E-state index is 10.6. The van der Waals surface area contributed by atoms with E-state index >= 15 is 0 Å². The first-order chi connectivity index (χ1) is 8.25. The monoisotopic (exact) mass is 248 g/mol. The van der Waals surface area contributed by atoms with Crippen molar-refractivity contribution in [1.29, 1.82) is 0 Å². The second-order valence-corrected chi connectivity index (χ2v) is 4.57. The van der Waals surface area contributed by atoms with Crippen molar-refractivity contribution in [3.63, 3.8) is 0 Å². The van der Waals surface area contributed by atoms with E-state index in [9.17, 15) is 4.79 Å². The number of furan rings is 1. The minimum atomic E-state index is -0.951. The van der Waals surface area contributed by atoms with E-state index in [1.165, 1.54) is 11.8 Å². The largest absolute Gasteiger partial charge is 0.478 e. The lowest BCUT2D eigenvalue weighted by atomic mass is 10.2. The third-order valence-corrected chi connectivity index (χ3v) is 3.28. The van der Waals surface area contributed by atoms with Crippen LogP contribution in [0.25, 0.3) is 0 Å². The van der Waals surface area contributed by atoms with Gasteiger partial charge in [-0.15, -0.1) is 11.8 Å². The molecule has 0 radical (unpaired) electrons. The molecule has 0 spiro atoms. The summed E-state index contributed by atoms with van der Waals surface area (Å²) in [7, 11) is 0. The van der Waals surface area contributed by atoms with Crippen LogP contribution in [0.1, 0.15) is 21.7 Å². The molecule has 0 atom stereocenters. The molecule has 2 aromatic rings. The summed E-state index contributed by atoms with van der Waals surface area (Å²) in [5.41, 5.74) is 1.46. The Balaban J connectivity index is 1.84. The summed E-state index contributed by atoms with van der Waals surface area (Å²) in [4.78, 5) is 10.6. The van der Waals surface area contributed by atoms with Crippen molar-refractivity contribution in [2.24, 2.45) is 0 Å². The van der Waals surface area contributed by atoms with E-state index in [1.54, 1.807) is 17.8 Å². The van der Waals surface area contributed by atoms with Crippen molar-refractivity contribution in [1.82, 2.24) is 0 Å². The molecule has 3 nitrogen and oxygen atoms in total. The van der Waals surface area contributed by atoms with Crippen molar-refractivity contribution in [3.8, 4) is 0 Å². The Kier molecular flexibility index (Phi) is 3.88. The number of thioether (sulfide) groups is 1. The Morgan fingerprint density at radius 1 is 1.24 bits per heavy atom. The minimum Gasteiger partial charge on any atom is -0.478 e. The quantitative estimate of drug-likeness (QED) is 0.881. The molecule has 1 aromatic carbocycles. The van der Waals surface area contributed by atoms with Gasteiger partial charge in [0, 0.05) is 5.75 Å².